The van der Waals surface area contributed by atoms with Crippen molar-refractivity contribution in [2.75, 3.05) is 6.54 Å². The summed E-state index contributed by atoms with van der Waals surface area (Å²) in [4.78, 5) is 25.8. The molecule has 1 aromatic carbocycles. The smallest absolute Gasteiger partial charge is 0.351 e. The lowest BCUT2D eigenvalue weighted by Gasteiger charge is -2.09. The molecule has 2 aromatic rings. The maximum absolute atomic E-state index is 12.6. The highest BCUT2D eigenvalue weighted by molar-refractivity contribution is 5.98. The van der Waals surface area contributed by atoms with Crippen LogP contribution >= 0.6 is 0 Å². The predicted octanol–water partition coefficient (Wildman–Crippen LogP) is 2.28. The number of nitrogens with zero attached hydrogens (tertiary/aromatic N) is 3. The second-order valence-electron chi connectivity index (χ2n) is 4.73. The van der Waals surface area contributed by atoms with Crippen molar-refractivity contribution in [2.45, 2.75) is 19.5 Å². The number of rotatable bonds is 5. The van der Waals surface area contributed by atoms with Crippen LogP contribution in [0.5, 0.6) is 0 Å². The molecule has 1 heterocycles. The van der Waals surface area contributed by atoms with Crippen molar-refractivity contribution in [1.82, 2.24) is 15.5 Å². The van der Waals surface area contributed by atoms with Gasteiger partial charge >= 0.3 is 6.18 Å². The summed E-state index contributed by atoms with van der Waals surface area (Å²) in [5.74, 6) is -0.198. The molecular weight excluding hydrogens is 333 g/mol. The molecule has 0 spiro atoms. The van der Waals surface area contributed by atoms with Gasteiger partial charge in [-0.2, -0.15) is 18.2 Å². The van der Waals surface area contributed by atoms with Crippen LogP contribution in [0.1, 0.15) is 27.6 Å². The molecule has 1 aromatic heterocycles. The number of nitrogens with one attached hydrogen (secondary N) is 1. The molecule has 11 heteroatoms. The first kappa shape index (κ1) is 17.4. The van der Waals surface area contributed by atoms with E-state index in [-0.39, 0.29) is 18.9 Å². The molecule has 2 rings (SSSR count). The molecule has 0 bridgehead atoms. The molecule has 0 aliphatic carbocycles. The number of benzene rings is 1. The van der Waals surface area contributed by atoms with Gasteiger partial charge in [0.2, 0.25) is 5.89 Å². The third kappa shape index (κ3) is 4.06. The molecule has 0 saturated heterocycles. The van der Waals surface area contributed by atoms with E-state index in [0.29, 0.717) is 18.0 Å². The van der Waals surface area contributed by atoms with E-state index in [4.69, 9.17) is 4.52 Å². The summed E-state index contributed by atoms with van der Waals surface area (Å²) in [5.41, 5.74) is -2.59. The fourth-order valence-corrected chi connectivity index (χ4v) is 1.87. The van der Waals surface area contributed by atoms with Crippen LogP contribution in [-0.2, 0) is 12.6 Å². The van der Waals surface area contributed by atoms with E-state index in [1.165, 1.54) is 0 Å². The monoisotopic (exact) mass is 344 g/mol. The summed E-state index contributed by atoms with van der Waals surface area (Å²) < 4.78 is 42.7. The van der Waals surface area contributed by atoms with Gasteiger partial charge in [0.15, 0.2) is 5.82 Å². The number of aromatic nitrogens is 2. The van der Waals surface area contributed by atoms with Gasteiger partial charge in [-0.15, -0.1) is 0 Å². The van der Waals surface area contributed by atoms with Gasteiger partial charge in [-0.3, -0.25) is 14.9 Å². The molecule has 128 valence electrons. The van der Waals surface area contributed by atoms with Crippen LogP contribution in [0.3, 0.4) is 0 Å². The van der Waals surface area contributed by atoms with Gasteiger partial charge in [0, 0.05) is 19.0 Å². The molecule has 1 N–H and O–H groups in total. The lowest BCUT2D eigenvalue weighted by molar-refractivity contribution is -0.385. The fourth-order valence-electron chi connectivity index (χ4n) is 1.87. The summed E-state index contributed by atoms with van der Waals surface area (Å²) in [5, 5.41) is 16.8. The Bertz CT molecular complexity index is 773. The van der Waals surface area contributed by atoms with Crippen molar-refractivity contribution in [3.05, 3.63) is 51.2 Å². The molecule has 0 saturated carbocycles. The highest BCUT2D eigenvalue weighted by Gasteiger charge is 2.33. The zero-order valence-electron chi connectivity index (χ0n) is 12.3. The highest BCUT2D eigenvalue weighted by atomic mass is 19.4. The summed E-state index contributed by atoms with van der Waals surface area (Å²) in [6.07, 6.45) is -4.56. The first-order chi connectivity index (χ1) is 11.2. The van der Waals surface area contributed by atoms with Crippen LogP contribution in [0.4, 0.5) is 18.9 Å². The minimum absolute atomic E-state index is 0.0264. The molecule has 0 unspecified atom stereocenters. The lowest BCUT2D eigenvalue weighted by atomic mass is 10.1. The summed E-state index contributed by atoms with van der Waals surface area (Å²) in [6.45, 7) is 1.63. The number of amides is 1. The van der Waals surface area contributed by atoms with Crippen molar-refractivity contribution in [3.63, 3.8) is 0 Å². The van der Waals surface area contributed by atoms with Crippen molar-refractivity contribution in [1.29, 1.82) is 0 Å². The van der Waals surface area contributed by atoms with Gasteiger partial charge in [-0.1, -0.05) is 5.16 Å². The van der Waals surface area contributed by atoms with Crippen molar-refractivity contribution < 1.29 is 27.4 Å². The maximum Gasteiger partial charge on any atom is 0.416 e. The molecule has 8 nitrogen and oxygen atoms in total. The van der Waals surface area contributed by atoms with Crippen LogP contribution < -0.4 is 5.32 Å². The average Bonchev–Trinajstić information content (AvgIpc) is 2.91. The van der Waals surface area contributed by atoms with Crippen LogP contribution in [-0.4, -0.2) is 27.5 Å². The van der Waals surface area contributed by atoms with E-state index in [9.17, 15) is 28.1 Å². The summed E-state index contributed by atoms with van der Waals surface area (Å²) >= 11 is 0. The number of carbonyl (C=O) groups excluding carboxylic acids is 1. The Kier molecular flexibility index (Phi) is 4.81. The topological polar surface area (TPSA) is 111 Å². The number of nitro groups is 1. The quantitative estimate of drug-likeness (QED) is 0.658. The van der Waals surface area contributed by atoms with Gasteiger partial charge in [-0.05, 0) is 19.1 Å². The largest absolute Gasteiger partial charge is 0.416 e. The number of nitro benzene ring substituents is 1. The van der Waals surface area contributed by atoms with E-state index >= 15 is 0 Å². The van der Waals surface area contributed by atoms with Crippen molar-refractivity contribution >= 4 is 11.6 Å². The molecular formula is C13H11F3N4O4. The van der Waals surface area contributed by atoms with Crippen molar-refractivity contribution in [3.8, 4) is 0 Å². The van der Waals surface area contributed by atoms with Gasteiger partial charge < -0.3 is 9.84 Å². The first-order valence-electron chi connectivity index (χ1n) is 6.61. The lowest BCUT2D eigenvalue weighted by Crippen LogP contribution is -2.26. The Morgan fingerprint density at radius 3 is 2.67 bits per heavy atom. The molecule has 1 amide bonds. The Morgan fingerprint density at radius 2 is 2.12 bits per heavy atom. The Morgan fingerprint density at radius 1 is 1.42 bits per heavy atom. The maximum atomic E-state index is 12.6. The number of hydrogen-bond acceptors (Lipinski definition) is 6. The van der Waals surface area contributed by atoms with Gasteiger partial charge in [0.05, 0.1) is 10.5 Å². The number of alkyl halides is 3. The molecule has 0 aliphatic rings. The normalized spacial score (nSPS) is 11.3. The Balaban J connectivity index is 2.11. The number of hydrogen-bond donors (Lipinski definition) is 1. The first-order valence-corrected chi connectivity index (χ1v) is 6.61. The minimum Gasteiger partial charge on any atom is -0.351 e. The van der Waals surface area contributed by atoms with E-state index in [1.54, 1.807) is 6.92 Å². The van der Waals surface area contributed by atoms with Gasteiger partial charge in [0.25, 0.3) is 11.6 Å². The molecule has 0 radical (unpaired) electrons. The van der Waals surface area contributed by atoms with Gasteiger partial charge in [0.1, 0.15) is 5.56 Å². The second-order valence-corrected chi connectivity index (χ2v) is 4.73. The molecule has 24 heavy (non-hydrogen) atoms. The zero-order chi connectivity index (χ0) is 17.9. The Hall–Kier alpha value is -2.98. The second kappa shape index (κ2) is 6.64. The third-order valence-corrected chi connectivity index (χ3v) is 2.96. The number of aryl methyl sites for hydroxylation is 1. The predicted molar refractivity (Wildman–Crippen MR) is 73.2 cm³/mol. The highest BCUT2D eigenvalue weighted by Crippen LogP contribution is 2.32. The fraction of sp³-hybridized carbons (Fsp3) is 0.308. The van der Waals surface area contributed by atoms with E-state index in [2.05, 4.69) is 15.5 Å². The van der Waals surface area contributed by atoms with E-state index < -0.39 is 33.8 Å². The number of halogens is 3. The third-order valence-electron chi connectivity index (χ3n) is 2.96. The van der Waals surface area contributed by atoms with Crippen molar-refractivity contribution in [2.24, 2.45) is 0 Å². The number of carbonyl (C=O) groups is 1. The standard InChI is InChI=1S/C13H11F3N4O4/c1-7-18-11(24-19-7)4-5-17-12(21)9-3-2-8(13(14,15)16)6-10(9)20(22)23/h2-3,6H,4-5H2,1H3,(H,17,21). The summed E-state index contributed by atoms with van der Waals surface area (Å²) in [7, 11) is 0. The van der Waals surface area contributed by atoms with E-state index in [1.807, 2.05) is 0 Å². The summed E-state index contributed by atoms with van der Waals surface area (Å²) in [6, 6.07) is 1.71. The molecule has 0 fully saturated rings. The SMILES string of the molecule is Cc1noc(CCNC(=O)c2ccc(C(F)(F)F)cc2[N+](=O)[O-])n1. The average molecular weight is 344 g/mol. The van der Waals surface area contributed by atoms with Crippen LogP contribution in [0.25, 0.3) is 0 Å². The van der Waals surface area contributed by atoms with Crippen LogP contribution in [0, 0.1) is 17.0 Å². The minimum atomic E-state index is -4.74. The zero-order valence-corrected chi connectivity index (χ0v) is 12.3. The van der Waals surface area contributed by atoms with Gasteiger partial charge in [-0.25, -0.2) is 0 Å². The van der Waals surface area contributed by atoms with Crippen LogP contribution in [0.2, 0.25) is 0 Å². The molecule has 0 aliphatic heterocycles. The molecule has 0 atom stereocenters. The Labute approximate surface area is 132 Å². The van der Waals surface area contributed by atoms with E-state index in [0.717, 1.165) is 6.07 Å². The van der Waals surface area contributed by atoms with Crippen LogP contribution in [0.15, 0.2) is 22.7 Å².